The Bertz CT molecular complexity index is 2140. The van der Waals surface area contributed by atoms with E-state index in [1.54, 1.807) is 12.3 Å². The van der Waals surface area contributed by atoms with Crippen molar-refractivity contribution < 1.29 is 33.8 Å². The number of benzene rings is 2. The normalized spacial score (nSPS) is 15.7. The lowest BCUT2D eigenvalue weighted by Gasteiger charge is -2.38. The fourth-order valence-corrected chi connectivity index (χ4v) is 7.60. The minimum Gasteiger partial charge on any atom is -0.453 e. The second-order valence-electron chi connectivity index (χ2n) is 17.8. The fourth-order valence-electron chi connectivity index (χ4n) is 7.60. The second kappa shape index (κ2) is 19.9. The van der Waals surface area contributed by atoms with Crippen LogP contribution in [0.1, 0.15) is 70.5 Å². The number of hydrogen-bond donors (Lipinski definition) is 4. The van der Waals surface area contributed by atoms with Gasteiger partial charge in [-0.05, 0) is 72.4 Å². The van der Waals surface area contributed by atoms with Gasteiger partial charge >= 0.3 is 12.1 Å². The molecular weight excluding hydrogens is 775 g/mol. The molecule has 6 amide bonds. The van der Waals surface area contributed by atoms with Crippen LogP contribution in [0.2, 0.25) is 0 Å². The summed E-state index contributed by atoms with van der Waals surface area (Å²) >= 11 is 0. The zero-order valence-corrected chi connectivity index (χ0v) is 36.3. The Hall–Kier alpha value is -6.15. The Kier molecular flexibility index (Phi) is 15.0. The van der Waals surface area contributed by atoms with E-state index in [-0.39, 0.29) is 25.9 Å². The average molecular weight is 834 g/mol. The number of pyridine rings is 2. The highest BCUT2D eigenvalue weighted by atomic mass is 16.5. The van der Waals surface area contributed by atoms with E-state index in [9.17, 15) is 29.1 Å². The predicted molar refractivity (Wildman–Crippen MR) is 232 cm³/mol. The van der Waals surface area contributed by atoms with Crippen LogP contribution in [0.3, 0.4) is 0 Å². The number of amides is 6. The molecule has 1 aliphatic rings. The van der Waals surface area contributed by atoms with Gasteiger partial charge in [-0.2, -0.15) is 0 Å². The summed E-state index contributed by atoms with van der Waals surface area (Å²) in [6.45, 7) is 12.4. The maximum atomic E-state index is 14.6. The number of aliphatic hydroxyl groups excluding tert-OH is 1. The quantitative estimate of drug-likeness (QED) is 0.104. The molecule has 1 fully saturated rings. The van der Waals surface area contributed by atoms with Gasteiger partial charge in [-0.1, -0.05) is 108 Å². The summed E-state index contributed by atoms with van der Waals surface area (Å²) in [5.74, 6) is -1.46. The Morgan fingerprint density at radius 3 is 2.07 bits per heavy atom. The molecule has 0 radical (unpaired) electrons. The van der Waals surface area contributed by atoms with Gasteiger partial charge in [0.1, 0.15) is 18.6 Å². The molecule has 1 aliphatic heterocycles. The Balaban J connectivity index is 1.43. The largest absolute Gasteiger partial charge is 0.453 e. The highest BCUT2D eigenvalue weighted by molar-refractivity contribution is 6.04. The summed E-state index contributed by atoms with van der Waals surface area (Å²) in [5, 5.41) is 21.0. The van der Waals surface area contributed by atoms with Crippen LogP contribution >= 0.6 is 0 Å². The summed E-state index contributed by atoms with van der Waals surface area (Å²) in [7, 11) is 1.22. The van der Waals surface area contributed by atoms with Crippen molar-refractivity contribution in [1.82, 2.24) is 35.7 Å². The number of imide groups is 1. The molecule has 5 unspecified atom stereocenters. The minimum atomic E-state index is -1.22. The average Bonchev–Trinajstić information content (AvgIpc) is 3.47. The Labute approximate surface area is 358 Å². The molecule has 61 heavy (non-hydrogen) atoms. The number of methoxy groups -OCH3 is 1. The van der Waals surface area contributed by atoms with Crippen molar-refractivity contribution in [1.29, 1.82) is 0 Å². The number of alkyl carbamates (subject to hydrolysis) is 1. The summed E-state index contributed by atoms with van der Waals surface area (Å²) in [5.41, 5.74) is 3.17. The molecule has 1 saturated heterocycles. The molecule has 0 spiro atoms. The van der Waals surface area contributed by atoms with E-state index in [0.717, 1.165) is 33.0 Å². The van der Waals surface area contributed by atoms with Gasteiger partial charge in [-0.25, -0.2) is 9.59 Å². The molecule has 2 aromatic heterocycles. The summed E-state index contributed by atoms with van der Waals surface area (Å²) in [6, 6.07) is 23.9. The van der Waals surface area contributed by atoms with E-state index >= 15 is 0 Å². The number of aromatic nitrogens is 2. The third kappa shape index (κ3) is 12.4. The van der Waals surface area contributed by atoms with Gasteiger partial charge in [0.25, 0.3) is 5.91 Å². The first-order chi connectivity index (χ1) is 28.8. The summed E-state index contributed by atoms with van der Waals surface area (Å²) in [4.78, 5) is 79.6. The molecule has 14 nitrogen and oxygen atoms in total. The van der Waals surface area contributed by atoms with Crippen molar-refractivity contribution in [3.63, 3.8) is 0 Å². The standard InChI is InChI=1S/C47H59N7O7/c1-30-15-14-18-34(49-30)28-53-39(56)29-54(45(53)60)41(47(5,6)7)43(58)51-37(26-31-16-10-9-11-17-31)38(55)27-35(50-42(57)40(46(2,3)4)52-44(59)61-8)25-32-20-22-33(23-21-32)36-19-12-13-24-48-36/h9-24,35,37-38,40-41,55H,25-29H2,1-8H3,(H,50,57)(H,51,58)(H,52,59). The first-order valence-electron chi connectivity index (χ1n) is 20.5. The van der Waals surface area contributed by atoms with Crippen LogP contribution in [0.5, 0.6) is 0 Å². The molecule has 2 aromatic carbocycles. The van der Waals surface area contributed by atoms with Gasteiger partial charge in [-0.3, -0.25) is 29.3 Å². The lowest BCUT2D eigenvalue weighted by atomic mass is 9.84. The fraction of sp³-hybridized carbons (Fsp3) is 0.426. The molecule has 0 saturated carbocycles. The van der Waals surface area contributed by atoms with E-state index in [4.69, 9.17) is 4.74 Å². The smallest absolute Gasteiger partial charge is 0.407 e. The van der Waals surface area contributed by atoms with Gasteiger partial charge < -0.3 is 30.7 Å². The third-order valence-corrected chi connectivity index (χ3v) is 10.7. The predicted octanol–water partition coefficient (Wildman–Crippen LogP) is 5.61. The van der Waals surface area contributed by atoms with Crippen molar-refractivity contribution in [2.45, 2.75) is 105 Å². The number of carbonyl (C=O) groups is 5. The molecule has 0 bridgehead atoms. The van der Waals surface area contributed by atoms with Crippen LogP contribution in [-0.4, -0.2) is 98.6 Å². The molecule has 0 aliphatic carbocycles. The first kappa shape index (κ1) is 45.9. The van der Waals surface area contributed by atoms with E-state index in [1.807, 2.05) is 133 Å². The number of aryl methyl sites for hydroxylation is 1. The monoisotopic (exact) mass is 833 g/mol. The third-order valence-electron chi connectivity index (χ3n) is 10.7. The van der Waals surface area contributed by atoms with E-state index in [0.29, 0.717) is 12.1 Å². The minimum absolute atomic E-state index is 0.000809. The summed E-state index contributed by atoms with van der Waals surface area (Å²) < 4.78 is 4.83. The van der Waals surface area contributed by atoms with Crippen molar-refractivity contribution in [3.05, 3.63) is 120 Å². The topological polar surface area (TPSA) is 183 Å². The van der Waals surface area contributed by atoms with E-state index in [2.05, 4.69) is 25.9 Å². The molecule has 324 valence electrons. The second-order valence-corrected chi connectivity index (χ2v) is 17.8. The van der Waals surface area contributed by atoms with Crippen molar-refractivity contribution in [2.75, 3.05) is 13.7 Å². The van der Waals surface area contributed by atoms with Crippen molar-refractivity contribution in [2.24, 2.45) is 10.8 Å². The maximum Gasteiger partial charge on any atom is 0.407 e. The highest BCUT2D eigenvalue weighted by Gasteiger charge is 2.47. The first-order valence-corrected chi connectivity index (χ1v) is 20.5. The Morgan fingerprint density at radius 2 is 1.46 bits per heavy atom. The molecule has 5 atom stereocenters. The molecule has 14 heteroatoms. The lowest BCUT2D eigenvalue weighted by Crippen LogP contribution is -2.59. The SMILES string of the molecule is COC(=O)NC(C(=O)NC(Cc1ccc(-c2ccccn2)cc1)CC(O)C(Cc1ccccc1)NC(=O)C(N1CC(=O)N(Cc2cccc(C)n2)C1=O)C(C)(C)C)C(C)(C)C. The zero-order valence-electron chi connectivity index (χ0n) is 36.3. The maximum absolute atomic E-state index is 14.6. The van der Waals surface area contributed by atoms with Crippen LogP contribution in [0.25, 0.3) is 11.3 Å². The zero-order chi connectivity index (χ0) is 44.5. The number of nitrogens with one attached hydrogen (secondary N) is 3. The molecular formula is C47H59N7O7. The number of nitrogens with zero attached hydrogens (tertiary/aromatic N) is 4. The number of aliphatic hydroxyl groups is 1. The Morgan fingerprint density at radius 1 is 0.787 bits per heavy atom. The van der Waals surface area contributed by atoms with Gasteiger partial charge in [0.05, 0.1) is 37.2 Å². The van der Waals surface area contributed by atoms with Crippen LogP contribution in [0.4, 0.5) is 9.59 Å². The van der Waals surface area contributed by atoms with Crippen molar-refractivity contribution in [3.8, 4) is 11.3 Å². The van der Waals surface area contributed by atoms with Crippen LogP contribution in [-0.2, 0) is 38.5 Å². The number of ether oxygens (including phenoxy) is 1. The van der Waals surface area contributed by atoms with E-state index in [1.165, 1.54) is 12.0 Å². The summed E-state index contributed by atoms with van der Waals surface area (Å²) in [6.07, 6.45) is 0.261. The molecule has 5 rings (SSSR count). The van der Waals surface area contributed by atoms with Gasteiger partial charge in [-0.15, -0.1) is 0 Å². The number of carbonyl (C=O) groups excluding carboxylic acids is 5. The van der Waals surface area contributed by atoms with E-state index < -0.39 is 70.9 Å². The number of rotatable bonds is 16. The van der Waals surface area contributed by atoms with Gasteiger partial charge in [0.15, 0.2) is 0 Å². The lowest BCUT2D eigenvalue weighted by molar-refractivity contribution is -0.131. The molecule has 3 heterocycles. The number of hydrogen-bond acceptors (Lipinski definition) is 9. The van der Waals surface area contributed by atoms with Crippen LogP contribution in [0.15, 0.2) is 97.2 Å². The number of urea groups is 1. The van der Waals surface area contributed by atoms with Crippen molar-refractivity contribution >= 4 is 29.8 Å². The van der Waals surface area contributed by atoms with Gasteiger partial charge in [0.2, 0.25) is 11.8 Å². The highest BCUT2D eigenvalue weighted by Crippen LogP contribution is 2.30. The molecule has 4 aromatic rings. The van der Waals surface area contributed by atoms with Crippen LogP contribution in [0, 0.1) is 17.8 Å². The molecule has 4 N–H and O–H groups in total. The van der Waals surface area contributed by atoms with Gasteiger partial charge in [0, 0.05) is 23.5 Å². The van der Waals surface area contributed by atoms with Crippen LogP contribution < -0.4 is 16.0 Å².